The summed E-state index contributed by atoms with van der Waals surface area (Å²) in [5.41, 5.74) is 0.486. The van der Waals surface area contributed by atoms with Gasteiger partial charge in [-0.15, -0.1) is 0 Å². The fraction of sp³-hybridized carbons (Fsp3) is 0.793. The van der Waals surface area contributed by atoms with Gasteiger partial charge in [-0.25, -0.2) is 9.59 Å². The molecule has 0 saturated heterocycles. The Hall–Kier alpha value is -1.58. The molecule has 0 atom stereocenters. The fourth-order valence-electron chi connectivity index (χ4n) is 3.35. The largest absolute Gasteiger partial charge is 0.463 e. The first-order valence-corrected chi connectivity index (χ1v) is 13.6. The molecule has 0 fully saturated rings. The van der Waals surface area contributed by atoms with E-state index in [2.05, 4.69) is 27.0 Å². The van der Waals surface area contributed by atoms with E-state index in [0.717, 1.165) is 19.3 Å². The number of hydrogen-bond acceptors (Lipinski definition) is 4. The number of esters is 2. The molecule has 0 N–H and O–H groups in total. The lowest BCUT2D eigenvalue weighted by molar-refractivity contribution is -0.139. The molecule has 0 aromatic heterocycles. The van der Waals surface area contributed by atoms with Crippen molar-refractivity contribution >= 4 is 11.9 Å². The molecule has 0 aliphatic heterocycles. The van der Waals surface area contributed by atoms with Gasteiger partial charge in [0.1, 0.15) is 0 Å². The van der Waals surface area contributed by atoms with Crippen LogP contribution in [0, 0.1) is 0 Å². The first kappa shape index (κ1) is 33.6. The molecule has 0 unspecified atom stereocenters. The van der Waals surface area contributed by atoms with E-state index in [0.29, 0.717) is 18.8 Å². The Labute approximate surface area is 205 Å². The van der Waals surface area contributed by atoms with Gasteiger partial charge in [0.25, 0.3) is 0 Å². The predicted octanol–water partition coefficient (Wildman–Crippen LogP) is 8.88. The third-order valence-corrected chi connectivity index (χ3v) is 5.49. The van der Waals surface area contributed by atoms with Crippen molar-refractivity contribution in [2.45, 2.75) is 136 Å². The van der Waals surface area contributed by atoms with E-state index in [9.17, 15) is 9.59 Å². The maximum absolute atomic E-state index is 11.0. The summed E-state index contributed by atoms with van der Waals surface area (Å²) in [6.45, 7) is 14.1. The second kappa shape index (κ2) is 28.5. The number of carbonyl (C=O) groups is 2. The molecule has 0 bridgehead atoms. The maximum Gasteiger partial charge on any atom is 0.333 e. The molecule has 0 aromatic rings. The Bertz CT molecular complexity index is 470. The molecule has 0 rings (SSSR count). The Morgan fingerprint density at radius 1 is 0.606 bits per heavy atom. The molecule has 0 spiro atoms. The Morgan fingerprint density at radius 3 is 1.27 bits per heavy atom. The Balaban J connectivity index is 0. The van der Waals surface area contributed by atoms with Crippen molar-refractivity contribution in [2.24, 2.45) is 0 Å². The maximum atomic E-state index is 11.0. The standard InChI is InChI=1S/C15H28O2.C14H26O2/c1-3-5-6-7-8-9-10-11-12-13-14-17-15(16)4-2;1-4-5-6-7-8-9-10-11-12-16-14(15)13(2)3/h4H,2-3,5-14H2,1H3;2,4-12H2,1,3H3. The van der Waals surface area contributed by atoms with Crippen LogP contribution in [0.15, 0.2) is 24.8 Å². The lowest BCUT2D eigenvalue weighted by atomic mass is 10.1. The summed E-state index contributed by atoms with van der Waals surface area (Å²) in [6.07, 6.45) is 24.3. The van der Waals surface area contributed by atoms with E-state index in [4.69, 9.17) is 9.47 Å². The van der Waals surface area contributed by atoms with Crippen LogP contribution in [0.25, 0.3) is 0 Å². The van der Waals surface area contributed by atoms with Crippen LogP contribution in [-0.2, 0) is 19.1 Å². The van der Waals surface area contributed by atoms with Gasteiger partial charge in [0, 0.05) is 11.6 Å². The molecule has 0 heterocycles. The van der Waals surface area contributed by atoms with Gasteiger partial charge in [-0.2, -0.15) is 0 Å². The van der Waals surface area contributed by atoms with Crippen molar-refractivity contribution in [3.63, 3.8) is 0 Å². The second-order valence-electron chi connectivity index (χ2n) is 8.94. The molecule has 0 aliphatic carbocycles. The fourth-order valence-corrected chi connectivity index (χ4v) is 3.35. The normalized spacial score (nSPS) is 10.2. The second-order valence-corrected chi connectivity index (χ2v) is 8.94. The lowest BCUT2D eigenvalue weighted by Crippen LogP contribution is -2.05. The van der Waals surface area contributed by atoms with Gasteiger partial charge >= 0.3 is 11.9 Å². The van der Waals surface area contributed by atoms with Gasteiger partial charge in [-0.05, 0) is 19.8 Å². The SMILES string of the molecule is C=C(C)C(=O)OCCCCCCCCCC.C=CC(=O)OCCCCCCCCCCCC. The number of ether oxygens (including phenoxy) is 2. The van der Waals surface area contributed by atoms with Crippen molar-refractivity contribution in [1.29, 1.82) is 0 Å². The number of rotatable bonds is 22. The van der Waals surface area contributed by atoms with E-state index in [1.54, 1.807) is 6.92 Å². The first-order valence-electron chi connectivity index (χ1n) is 13.6. The zero-order valence-corrected chi connectivity index (χ0v) is 22.3. The molecule has 4 heteroatoms. The minimum absolute atomic E-state index is 0.261. The summed E-state index contributed by atoms with van der Waals surface area (Å²) in [5, 5.41) is 0. The van der Waals surface area contributed by atoms with Crippen molar-refractivity contribution in [3.8, 4) is 0 Å². The van der Waals surface area contributed by atoms with E-state index in [1.165, 1.54) is 102 Å². The highest BCUT2D eigenvalue weighted by atomic mass is 16.5. The summed E-state index contributed by atoms with van der Waals surface area (Å²) in [5.74, 6) is -0.566. The Kier molecular flexibility index (Phi) is 29.0. The highest BCUT2D eigenvalue weighted by molar-refractivity contribution is 5.86. The Morgan fingerprint density at radius 2 is 0.939 bits per heavy atom. The van der Waals surface area contributed by atoms with Crippen LogP contribution in [-0.4, -0.2) is 25.2 Å². The number of carbonyl (C=O) groups excluding carboxylic acids is 2. The highest BCUT2D eigenvalue weighted by Gasteiger charge is 2.01. The van der Waals surface area contributed by atoms with Crippen molar-refractivity contribution in [2.75, 3.05) is 13.2 Å². The average molecular weight is 467 g/mol. The summed E-state index contributed by atoms with van der Waals surface area (Å²) < 4.78 is 9.92. The van der Waals surface area contributed by atoms with Crippen LogP contribution in [0.5, 0.6) is 0 Å². The van der Waals surface area contributed by atoms with Crippen LogP contribution in [0.1, 0.15) is 136 Å². The van der Waals surface area contributed by atoms with Gasteiger partial charge in [-0.1, -0.05) is 130 Å². The topological polar surface area (TPSA) is 52.6 Å². The van der Waals surface area contributed by atoms with Crippen molar-refractivity contribution < 1.29 is 19.1 Å². The van der Waals surface area contributed by atoms with Gasteiger partial charge in [-0.3, -0.25) is 0 Å². The predicted molar refractivity (Wildman–Crippen MR) is 141 cm³/mol. The van der Waals surface area contributed by atoms with Gasteiger partial charge in [0.05, 0.1) is 13.2 Å². The van der Waals surface area contributed by atoms with Crippen LogP contribution in [0.4, 0.5) is 0 Å². The smallest absolute Gasteiger partial charge is 0.333 e. The molecule has 0 amide bonds. The minimum Gasteiger partial charge on any atom is -0.463 e. The van der Waals surface area contributed by atoms with Crippen molar-refractivity contribution in [3.05, 3.63) is 24.8 Å². The van der Waals surface area contributed by atoms with Gasteiger partial charge in [0.2, 0.25) is 0 Å². The summed E-state index contributed by atoms with van der Waals surface area (Å²) in [4.78, 5) is 21.8. The van der Waals surface area contributed by atoms with Crippen LogP contribution in [0.3, 0.4) is 0 Å². The van der Waals surface area contributed by atoms with Gasteiger partial charge in [0.15, 0.2) is 0 Å². The van der Waals surface area contributed by atoms with Crippen molar-refractivity contribution in [1.82, 2.24) is 0 Å². The first-order chi connectivity index (χ1) is 16.0. The van der Waals surface area contributed by atoms with E-state index < -0.39 is 0 Å². The molecular formula is C29H54O4. The minimum atomic E-state index is -0.305. The van der Waals surface area contributed by atoms with Gasteiger partial charge < -0.3 is 9.47 Å². The van der Waals surface area contributed by atoms with Crippen LogP contribution < -0.4 is 0 Å². The third-order valence-electron chi connectivity index (χ3n) is 5.49. The molecule has 0 aromatic carbocycles. The van der Waals surface area contributed by atoms with E-state index in [1.807, 2.05) is 0 Å². The molecule has 0 saturated carbocycles. The number of hydrogen-bond donors (Lipinski definition) is 0. The van der Waals surface area contributed by atoms with Crippen LogP contribution in [0.2, 0.25) is 0 Å². The zero-order chi connectivity index (χ0) is 25.0. The third kappa shape index (κ3) is 30.4. The summed E-state index contributed by atoms with van der Waals surface area (Å²) in [7, 11) is 0. The monoisotopic (exact) mass is 466 g/mol. The highest BCUT2D eigenvalue weighted by Crippen LogP contribution is 2.10. The summed E-state index contributed by atoms with van der Waals surface area (Å²) in [6, 6.07) is 0. The van der Waals surface area contributed by atoms with Crippen LogP contribution >= 0.6 is 0 Å². The molecule has 4 nitrogen and oxygen atoms in total. The quantitative estimate of drug-likeness (QED) is 0.0908. The van der Waals surface area contributed by atoms with E-state index in [-0.39, 0.29) is 11.9 Å². The average Bonchev–Trinajstić information content (AvgIpc) is 2.81. The lowest BCUT2D eigenvalue weighted by Gasteiger charge is -2.04. The number of unbranched alkanes of at least 4 members (excludes halogenated alkanes) is 16. The molecule has 33 heavy (non-hydrogen) atoms. The molecule has 0 aliphatic rings. The molecular weight excluding hydrogens is 412 g/mol. The molecule has 0 radical (unpaired) electrons. The van der Waals surface area contributed by atoms with E-state index >= 15 is 0 Å². The molecule has 194 valence electrons. The summed E-state index contributed by atoms with van der Waals surface area (Å²) >= 11 is 0. The zero-order valence-electron chi connectivity index (χ0n) is 22.3.